The molecule has 0 fully saturated rings. The predicted molar refractivity (Wildman–Crippen MR) is 54.8 cm³/mol. The van der Waals surface area contributed by atoms with E-state index in [4.69, 9.17) is 19.3 Å². The molecule has 1 aliphatic heterocycles. The van der Waals surface area contributed by atoms with Crippen LogP contribution in [-0.4, -0.2) is 24.5 Å². The molecule has 1 aromatic rings. The number of aliphatic carboxylic acids is 1. The molecular weight excluding hydrogens is 212 g/mol. The molecule has 0 amide bonds. The maximum Gasteiger partial charge on any atom is 0.328 e. The van der Waals surface area contributed by atoms with Crippen molar-refractivity contribution in [3.05, 3.63) is 30.4 Å². The summed E-state index contributed by atoms with van der Waals surface area (Å²) in [5.41, 5.74) is 0. The molecule has 5 nitrogen and oxygen atoms in total. The fraction of sp³-hybridized carbons (Fsp3) is 0.182. The summed E-state index contributed by atoms with van der Waals surface area (Å²) in [6, 6.07) is 5.19. The number of fused-ring (bicyclic) bond motifs is 1. The molecule has 2 rings (SSSR count). The van der Waals surface area contributed by atoms with Crippen molar-refractivity contribution in [3.63, 3.8) is 0 Å². The zero-order chi connectivity index (χ0) is 11.4. The Labute approximate surface area is 91.9 Å². The zero-order valence-electron chi connectivity index (χ0n) is 8.38. The van der Waals surface area contributed by atoms with Crippen LogP contribution in [0.15, 0.2) is 30.4 Å². The van der Waals surface area contributed by atoms with Crippen molar-refractivity contribution in [3.8, 4) is 17.2 Å². The van der Waals surface area contributed by atoms with Gasteiger partial charge in [-0.2, -0.15) is 0 Å². The third kappa shape index (κ3) is 2.44. The monoisotopic (exact) mass is 222 g/mol. The molecule has 5 heteroatoms. The van der Waals surface area contributed by atoms with E-state index in [9.17, 15) is 4.79 Å². The molecule has 1 aromatic carbocycles. The lowest BCUT2D eigenvalue weighted by molar-refractivity contribution is -0.131. The molecule has 0 spiro atoms. The average Bonchev–Trinajstić information content (AvgIpc) is 2.71. The Bertz CT molecular complexity index is 424. The molecule has 0 atom stereocenters. The normalized spacial score (nSPS) is 13.0. The van der Waals surface area contributed by atoms with Crippen LogP contribution in [0.1, 0.15) is 0 Å². The summed E-state index contributed by atoms with van der Waals surface area (Å²) in [5, 5.41) is 8.36. The number of carboxylic acid groups (broad SMARTS) is 1. The second-order valence-corrected chi connectivity index (χ2v) is 3.07. The minimum absolute atomic E-state index is 0.200. The number of hydrogen-bond donors (Lipinski definition) is 1. The summed E-state index contributed by atoms with van der Waals surface area (Å²) in [6.45, 7) is 0.420. The van der Waals surface area contributed by atoms with Crippen LogP contribution in [0.5, 0.6) is 17.2 Å². The first-order valence-corrected chi connectivity index (χ1v) is 4.67. The largest absolute Gasteiger partial charge is 0.489 e. The number of ether oxygens (including phenoxy) is 3. The van der Waals surface area contributed by atoms with E-state index < -0.39 is 5.97 Å². The summed E-state index contributed by atoms with van der Waals surface area (Å²) in [7, 11) is 0. The molecule has 0 radical (unpaired) electrons. The molecule has 0 bridgehead atoms. The van der Waals surface area contributed by atoms with E-state index in [0.29, 0.717) is 17.2 Å². The number of benzene rings is 1. The molecule has 0 saturated heterocycles. The van der Waals surface area contributed by atoms with Crippen molar-refractivity contribution in [2.75, 3.05) is 13.4 Å². The topological polar surface area (TPSA) is 65.0 Å². The van der Waals surface area contributed by atoms with Crippen LogP contribution < -0.4 is 14.2 Å². The van der Waals surface area contributed by atoms with E-state index in [0.717, 1.165) is 6.08 Å². The highest BCUT2D eigenvalue weighted by molar-refractivity contribution is 5.79. The summed E-state index contributed by atoms with van der Waals surface area (Å²) in [5.74, 6) is 0.946. The van der Waals surface area contributed by atoms with Crippen molar-refractivity contribution in [2.24, 2.45) is 0 Å². The van der Waals surface area contributed by atoms with Gasteiger partial charge in [-0.25, -0.2) is 4.79 Å². The van der Waals surface area contributed by atoms with Gasteiger partial charge in [-0.05, 0) is 18.2 Å². The second-order valence-electron chi connectivity index (χ2n) is 3.07. The molecular formula is C11H10O5. The maximum atomic E-state index is 10.2. The van der Waals surface area contributed by atoms with Gasteiger partial charge < -0.3 is 19.3 Å². The number of carboxylic acids is 1. The first-order chi connectivity index (χ1) is 7.75. The maximum absolute atomic E-state index is 10.2. The van der Waals surface area contributed by atoms with Crippen molar-refractivity contribution in [1.29, 1.82) is 0 Å². The fourth-order valence-corrected chi connectivity index (χ4v) is 1.26. The summed E-state index contributed by atoms with van der Waals surface area (Å²) >= 11 is 0. The quantitative estimate of drug-likeness (QED) is 0.781. The Morgan fingerprint density at radius 3 is 3.06 bits per heavy atom. The highest BCUT2D eigenvalue weighted by Gasteiger charge is 2.13. The Balaban J connectivity index is 1.93. The van der Waals surface area contributed by atoms with Crippen LogP contribution in [0, 0.1) is 0 Å². The minimum Gasteiger partial charge on any atom is -0.489 e. The highest BCUT2D eigenvalue weighted by atomic mass is 16.7. The Kier molecular flexibility index (Phi) is 2.95. The van der Waals surface area contributed by atoms with Crippen molar-refractivity contribution in [2.45, 2.75) is 0 Å². The van der Waals surface area contributed by atoms with Gasteiger partial charge in [0.1, 0.15) is 12.4 Å². The first-order valence-electron chi connectivity index (χ1n) is 4.67. The lowest BCUT2D eigenvalue weighted by atomic mass is 10.3. The molecule has 0 aliphatic carbocycles. The van der Waals surface area contributed by atoms with Crippen LogP contribution in [0.2, 0.25) is 0 Å². The highest BCUT2D eigenvalue weighted by Crippen LogP contribution is 2.34. The van der Waals surface area contributed by atoms with Gasteiger partial charge in [0.15, 0.2) is 11.5 Å². The molecule has 0 aromatic heterocycles. The standard InChI is InChI=1S/C11H10O5/c12-11(13)2-1-5-14-8-3-4-9-10(6-8)16-7-15-9/h1-4,6H,5,7H2,(H,12,13). The number of rotatable bonds is 4. The fourth-order valence-electron chi connectivity index (χ4n) is 1.26. The van der Waals surface area contributed by atoms with Crippen LogP contribution in [0.3, 0.4) is 0 Å². The molecule has 0 saturated carbocycles. The number of hydrogen-bond acceptors (Lipinski definition) is 4. The van der Waals surface area contributed by atoms with Gasteiger partial charge in [0.25, 0.3) is 0 Å². The van der Waals surface area contributed by atoms with E-state index in [2.05, 4.69) is 0 Å². The summed E-state index contributed by atoms with van der Waals surface area (Å²) in [6.07, 6.45) is 2.46. The van der Waals surface area contributed by atoms with E-state index >= 15 is 0 Å². The minimum atomic E-state index is -0.991. The zero-order valence-corrected chi connectivity index (χ0v) is 8.38. The van der Waals surface area contributed by atoms with E-state index in [1.807, 2.05) is 0 Å². The molecule has 16 heavy (non-hydrogen) atoms. The Morgan fingerprint density at radius 1 is 1.44 bits per heavy atom. The molecule has 1 N–H and O–H groups in total. The first kappa shape index (κ1) is 10.4. The molecule has 0 unspecified atom stereocenters. The van der Waals surface area contributed by atoms with Gasteiger partial charge >= 0.3 is 5.97 Å². The van der Waals surface area contributed by atoms with Crippen molar-refractivity contribution < 1.29 is 24.1 Å². The van der Waals surface area contributed by atoms with Crippen molar-refractivity contribution >= 4 is 5.97 Å². The molecule has 1 aliphatic rings. The van der Waals surface area contributed by atoms with Gasteiger partial charge in [0.05, 0.1) is 0 Å². The summed E-state index contributed by atoms with van der Waals surface area (Å²) < 4.78 is 15.6. The van der Waals surface area contributed by atoms with Gasteiger partial charge in [0.2, 0.25) is 6.79 Å². The third-order valence-electron chi connectivity index (χ3n) is 1.95. The Hall–Kier alpha value is -2.17. The third-order valence-corrected chi connectivity index (χ3v) is 1.95. The molecule has 1 heterocycles. The van der Waals surface area contributed by atoms with Crippen LogP contribution in [0.4, 0.5) is 0 Å². The van der Waals surface area contributed by atoms with Crippen LogP contribution in [0.25, 0.3) is 0 Å². The van der Waals surface area contributed by atoms with Gasteiger partial charge in [0, 0.05) is 12.1 Å². The van der Waals surface area contributed by atoms with Crippen LogP contribution in [-0.2, 0) is 4.79 Å². The van der Waals surface area contributed by atoms with Crippen LogP contribution >= 0.6 is 0 Å². The van der Waals surface area contributed by atoms with Gasteiger partial charge in [-0.1, -0.05) is 0 Å². The van der Waals surface area contributed by atoms with E-state index in [1.165, 1.54) is 6.08 Å². The van der Waals surface area contributed by atoms with Gasteiger partial charge in [-0.15, -0.1) is 0 Å². The van der Waals surface area contributed by atoms with Gasteiger partial charge in [-0.3, -0.25) is 0 Å². The number of carbonyl (C=O) groups is 1. The molecule has 84 valence electrons. The smallest absolute Gasteiger partial charge is 0.328 e. The lowest BCUT2D eigenvalue weighted by Crippen LogP contribution is -1.95. The van der Waals surface area contributed by atoms with Crippen molar-refractivity contribution in [1.82, 2.24) is 0 Å². The Morgan fingerprint density at radius 2 is 2.25 bits per heavy atom. The second kappa shape index (κ2) is 4.57. The average molecular weight is 222 g/mol. The predicted octanol–water partition coefficient (Wildman–Crippen LogP) is 1.43. The SMILES string of the molecule is O=C(O)C=CCOc1ccc2c(c1)OCO2. The summed E-state index contributed by atoms with van der Waals surface area (Å²) in [4.78, 5) is 10.2. The van der Waals surface area contributed by atoms with E-state index in [1.54, 1.807) is 18.2 Å². The lowest BCUT2D eigenvalue weighted by Gasteiger charge is -2.03. The van der Waals surface area contributed by atoms with E-state index in [-0.39, 0.29) is 13.4 Å².